The van der Waals surface area contributed by atoms with Crippen LogP contribution in [0.4, 0.5) is 0 Å². The summed E-state index contributed by atoms with van der Waals surface area (Å²) in [6.45, 7) is 6.55. The van der Waals surface area contributed by atoms with Crippen molar-refractivity contribution in [3.05, 3.63) is 65.2 Å². The molecule has 0 saturated carbocycles. The minimum Gasteiger partial charge on any atom is -0.497 e. The fourth-order valence-corrected chi connectivity index (χ4v) is 2.14. The molecule has 0 aromatic heterocycles. The number of rotatable bonds is 3. The third kappa shape index (κ3) is 3.20. The summed E-state index contributed by atoms with van der Waals surface area (Å²) >= 11 is 0. The fraction of sp³-hybridized carbons (Fsp3) is 0.333. The second-order valence-corrected chi connectivity index (χ2v) is 6.05. The summed E-state index contributed by atoms with van der Waals surface area (Å²) in [5.74, 6) is 0.795. The number of benzene rings is 2. The van der Waals surface area contributed by atoms with Gasteiger partial charge in [-0.3, -0.25) is 0 Å². The Bertz CT molecular complexity index is 547. The van der Waals surface area contributed by atoms with Crippen molar-refractivity contribution in [1.82, 2.24) is 0 Å². The van der Waals surface area contributed by atoms with Crippen LogP contribution in [0.3, 0.4) is 0 Å². The summed E-state index contributed by atoms with van der Waals surface area (Å²) in [6.07, 6.45) is -0.602. The van der Waals surface area contributed by atoms with E-state index in [1.54, 1.807) is 7.11 Å². The highest BCUT2D eigenvalue weighted by Gasteiger charge is 2.15. The minimum absolute atomic E-state index is 0.129. The lowest BCUT2D eigenvalue weighted by Crippen LogP contribution is -2.11. The van der Waals surface area contributed by atoms with Gasteiger partial charge in [0.25, 0.3) is 0 Å². The molecule has 0 saturated heterocycles. The molecule has 0 aliphatic carbocycles. The zero-order chi connectivity index (χ0) is 14.8. The van der Waals surface area contributed by atoms with Crippen LogP contribution in [-0.2, 0) is 5.41 Å². The first-order valence-corrected chi connectivity index (χ1v) is 6.84. The van der Waals surface area contributed by atoms with Crippen LogP contribution in [0.2, 0.25) is 0 Å². The van der Waals surface area contributed by atoms with Gasteiger partial charge in [0.05, 0.1) is 7.11 Å². The van der Waals surface area contributed by atoms with Gasteiger partial charge in [0.2, 0.25) is 0 Å². The first kappa shape index (κ1) is 14.6. The largest absolute Gasteiger partial charge is 0.497 e. The van der Waals surface area contributed by atoms with Crippen LogP contribution in [0.25, 0.3) is 0 Å². The van der Waals surface area contributed by atoms with E-state index < -0.39 is 6.10 Å². The van der Waals surface area contributed by atoms with Gasteiger partial charge in [0.1, 0.15) is 11.9 Å². The average Bonchev–Trinajstić information content (AvgIpc) is 2.46. The van der Waals surface area contributed by atoms with Crippen molar-refractivity contribution in [2.75, 3.05) is 7.11 Å². The van der Waals surface area contributed by atoms with Crippen molar-refractivity contribution < 1.29 is 9.84 Å². The Hall–Kier alpha value is -1.80. The van der Waals surface area contributed by atoms with Crippen LogP contribution in [0.15, 0.2) is 48.5 Å². The van der Waals surface area contributed by atoms with E-state index in [0.717, 1.165) is 16.9 Å². The molecule has 2 rings (SSSR count). The lowest BCUT2D eigenvalue weighted by molar-refractivity contribution is 0.220. The highest BCUT2D eigenvalue weighted by molar-refractivity contribution is 5.36. The van der Waals surface area contributed by atoms with E-state index in [1.807, 2.05) is 36.4 Å². The molecule has 2 nitrogen and oxygen atoms in total. The van der Waals surface area contributed by atoms with Gasteiger partial charge in [-0.25, -0.2) is 0 Å². The summed E-state index contributed by atoms with van der Waals surface area (Å²) in [5, 5.41) is 10.4. The number of aliphatic hydroxyl groups excluding tert-OH is 1. The third-order valence-corrected chi connectivity index (χ3v) is 3.52. The number of aliphatic hydroxyl groups is 1. The quantitative estimate of drug-likeness (QED) is 0.910. The van der Waals surface area contributed by atoms with E-state index in [1.165, 1.54) is 5.56 Å². The second-order valence-electron chi connectivity index (χ2n) is 6.05. The SMILES string of the molecule is COc1ccc(C(O)c2ccc(C(C)(C)C)cc2)cc1. The Balaban J connectivity index is 2.22. The molecule has 2 aromatic rings. The monoisotopic (exact) mass is 270 g/mol. The molecule has 0 aliphatic heterocycles. The smallest absolute Gasteiger partial charge is 0.118 e. The zero-order valence-electron chi connectivity index (χ0n) is 12.6. The number of hydrogen-bond donors (Lipinski definition) is 1. The van der Waals surface area contributed by atoms with E-state index in [2.05, 4.69) is 32.9 Å². The number of methoxy groups -OCH3 is 1. The molecule has 0 bridgehead atoms. The summed E-state index contributed by atoms with van der Waals surface area (Å²) in [5.41, 5.74) is 3.17. The van der Waals surface area contributed by atoms with Gasteiger partial charge < -0.3 is 9.84 Å². The van der Waals surface area contributed by atoms with E-state index >= 15 is 0 Å². The summed E-state index contributed by atoms with van der Waals surface area (Å²) in [4.78, 5) is 0. The van der Waals surface area contributed by atoms with Crippen LogP contribution in [0.1, 0.15) is 43.6 Å². The van der Waals surface area contributed by atoms with Crippen molar-refractivity contribution >= 4 is 0 Å². The van der Waals surface area contributed by atoms with E-state index in [9.17, 15) is 5.11 Å². The van der Waals surface area contributed by atoms with Gasteiger partial charge in [-0.05, 0) is 34.2 Å². The van der Waals surface area contributed by atoms with Gasteiger partial charge in [-0.15, -0.1) is 0 Å². The van der Waals surface area contributed by atoms with E-state index in [0.29, 0.717) is 0 Å². The highest BCUT2D eigenvalue weighted by atomic mass is 16.5. The van der Waals surface area contributed by atoms with Gasteiger partial charge in [0.15, 0.2) is 0 Å². The highest BCUT2D eigenvalue weighted by Crippen LogP contribution is 2.27. The van der Waals surface area contributed by atoms with Crippen molar-refractivity contribution in [2.45, 2.75) is 32.3 Å². The first-order chi connectivity index (χ1) is 9.41. The average molecular weight is 270 g/mol. The summed E-state index contributed by atoms with van der Waals surface area (Å²) in [7, 11) is 1.64. The van der Waals surface area contributed by atoms with Crippen LogP contribution in [-0.4, -0.2) is 12.2 Å². The molecule has 0 heterocycles. The summed E-state index contributed by atoms with van der Waals surface area (Å²) in [6, 6.07) is 15.7. The summed E-state index contributed by atoms with van der Waals surface area (Å²) < 4.78 is 5.13. The van der Waals surface area contributed by atoms with Crippen molar-refractivity contribution in [3.63, 3.8) is 0 Å². The molecule has 2 heteroatoms. The van der Waals surface area contributed by atoms with Crippen LogP contribution >= 0.6 is 0 Å². The molecule has 20 heavy (non-hydrogen) atoms. The molecule has 0 spiro atoms. The lowest BCUT2D eigenvalue weighted by Gasteiger charge is -2.20. The Kier molecular flexibility index (Phi) is 4.15. The topological polar surface area (TPSA) is 29.5 Å². The maximum absolute atomic E-state index is 10.4. The van der Waals surface area contributed by atoms with Crippen molar-refractivity contribution in [3.8, 4) is 5.75 Å². The Morgan fingerprint density at radius 1 is 0.850 bits per heavy atom. The van der Waals surface area contributed by atoms with Gasteiger partial charge in [0, 0.05) is 0 Å². The fourth-order valence-electron chi connectivity index (χ4n) is 2.14. The number of ether oxygens (including phenoxy) is 1. The molecular formula is C18H22O2. The van der Waals surface area contributed by atoms with E-state index in [4.69, 9.17) is 4.74 Å². The Morgan fingerprint density at radius 2 is 1.30 bits per heavy atom. The molecule has 1 N–H and O–H groups in total. The predicted molar refractivity (Wildman–Crippen MR) is 82.2 cm³/mol. The van der Waals surface area contributed by atoms with Crippen molar-refractivity contribution in [1.29, 1.82) is 0 Å². The standard InChI is InChI=1S/C18H22O2/c1-18(2,3)15-9-5-13(6-10-15)17(19)14-7-11-16(20-4)12-8-14/h5-12,17,19H,1-4H3. The molecule has 1 atom stereocenters. The Labute approximate surface area is 121 Å². The van der Waals surface area contributed by atoms with Crippen LogP contribution < -0.4 is 4.74 Å². The molecule has 0 radical (unpaired) electrons. The first-order valence-electron chi connectivity index (χ1n) is 6.84. The van der Waals surface area contributed by atoms with Crippen LogP contribution in [0.5, 0.6) is 5.75 Å². The molecule has 2 aromatic carbocycles. The molecule has 1 unspecified atom stereocenters. The van der Waals surface area contributed by atoms with Gasteiger partial charge in [-0.1, -0.05) is 57.2 Å². The lowest BCUT2D eigenvalue weighted by atomic mass is 9.86. The maximum atomic E-state index is 10.4. The predicted octanol–water partition coefficient (Wildman–Crippen LogP) is 4.07. The normalized spacial score (nSPS) is 13.1. The van der Waals surface area contributed by atoms with Crippen molar-refractivity contribution in [2.24, 2.45) is 0 Å². The van der Waals surface area contributed by atoms with Gasteiger partial charge in [-0.2, -0.15) is 0 Å². The Morgan fingerprint density at radius 3 is 1.70 bits per heavy atom. The molecule has 0 amide bonds. The number of hydrogen-bond acceptors (Lipinski definition) is 2. The maximum Gasteiger partial charge on any atom is 0.118 e. The van der Waals surface area contributed by atoms with E-state index in [-0.39, 0.29) is 5.41 Å². The molecular weight excluding hydrogens is 248 g/mol. The van der Waals surface area contributed by atoms with Crippen LogP contribution in [0, 0.1) is 0 Å². The molecule has 106 valence electrons. The third-order valence-electron chi connectivity index (χ3n) is 3.52. The molecule has 0 aliphatic rings. The molecule has 0 fully saturated rings. The second kappa shape index (κ2) is 5.68. The minimum atomic E-state index is -0.602. The van der Waals surface area contributed by atoms with Gasteiger partial charge >= 0.3 is 0 Å². The zero-order valence-corrected chi connectivity index (χ0v) is 12.6.